The van der Waals surface area contributed by atoms with Crippen LogP contribution >= 0.6 is 11.6 Å². The summed E-state index contributed by atoms with van der Waals surface area (Å²) in [4.78, 5) is 29.8. The van der Waals surface area contributed by atoms with Crippen LogP contribution < -0.4 is 14.8 Å². The number of para-hydroxylation sites is 1. The van der Waals surface area contributed by atoms with Crippen molar-refractivity contribution in [2.24, 2.45) is 11.3 Å². The number of rotatable bonds is 9. The molecule has 4 rings (SSSR count). The molecule has 1 aromatic carbocycles. The van der Waals surface area contributed by atoms with Crippen molar-refractivity contribution in [1.29, 1.82) is 0 Å². The SMILES string of the molecule is CCOc1cc(O[C@H]2CN[C@H](C(=O)C[C@]3(C(=O)OC)C[C@H]3CC)C2)c2cccc(Cl)c2n1. The second kappa shape index (κ2) is 9.24. The zero-order chi connectivity index (χ0) is 22.9. The van der Waals surface area contributed by atoms with Gasteiger partial charge in [-0.3, -0.25) is 9.59 Å². The molecule has 8 heteroatoms. The van der Waals surface area contributed by atoms with Crippen molar-refractivity contribution in [1.82, 2.24) is 10.3 Å². The van der Waals surface area contributed by atoms with E-state index in [0.717, 1.165) is 18.2 Å². The molecule has 2 fully saturated rings. The molecule has 172 valence electrons. The predicted octanol–water partition coefficient (Wildman–Crippen LogP) is 3.94. The Kier molecular flexibility index (Phi) is 6.58. The maximum atomic E-state index is 13.0. The van der Waals surface area contributed by atoms with Crippen molar-refractivity contribution in [2.75, 3.05) is 20.3 Å². The van der Waals surface area contributed by atoms with Gasteiger partial charge in [0.2, 0.25) is 5.88 Å². The summed E-state index contributed by atoms with van der Waals surface area (Å²) in [5.41, 5.74) is -0.0286. The van der Waals surface area contributed by atoms with E-state index in [0.29, 0.717) is 41.7 Å². The Labute approximate surface area is 192 Å². The molecule has 32 heavy (non-hydrogen) atoms. The number of hydrogen-bond donors (Lipinski definition) is 1. The predicted molar refractivity (Wildman–Crippen MR) is 121 cm³/mol. The van der Waals surface area contributed by atoms with E-state index in [-0.39, 0.29) is 36.2 Å². The highest BCUT2D eigenvalue weighted by atomic mass is 35.5. The third kappa shape index (κ3) is 4.28. The van der Waals surface area contributed by atoms with Gasteiger partial charge in [-0.25, -0.2) is 4.98 Å². The molecular weight excluding hydrogens is 432 g/mol. The second-order valence-electron chi connectivity index (χ2n) is 8.56. The van der Waals surface area contributed by atoms with Crippen molar-refractivity contribution >= 4 is 34.3 Å². The Morgan fingerprint density at radius 2 is 2.12 bits per heavy atom. The maximum absolute atomic E-state index is 13.0. The first-order chi connectivity index (χ1) is 15.4. The summed E-state index contributed by atoms with van der Waals surface area (Å²) in [7, 11) is 1.39. The van der Waals surface area contributed by atoms with E-state index in [9.17, 15) is 9.59 Å². The summed E-state index contributed by atoms with van der Waals surface area (Å²) in [5.74, 6) is 1.06. The number of halogens is 1. The van der Waals surface area contributed by atoms with Gasteiger partial charge in [0.25, 0.3) is 0 Å². The summed E-state index contributed by atoms with van der Waals surface area (Å²) in [6, 6.07) is 6.95. The Hall–Kier alpha value is -2.38. The molecular formula is C24H29ClN2O5. The van der Waals surface area contributed by atoms with Crippen LogP contribution in [0.15, 0.2) is 24.3 Å². The molecule has 0 amide bonds. The first-order valence-corrected chi connectivity index (χ1v) is 11.5. The molecule has 7 nitrogen and oxygen atoms in total. The number of hydrogen-bond acceptors (Lipinski definition) is 7. The van der Waals surface area contributed by atoms with Crippen LogP contribution in [0.25, 0.3) is 10.9 Å². The molecule has 0 bridgehead atoms. The number of carbonyl (C=O) groups is 2. The third-order valence-corrected chi connectivity index (χ3v) is 6.91. The summed E-state index contributed by atoms with van der Waals surface area (Å²) in [6.07, 6.45) is 2.13. The molecule has 2 heterocycles. The zero-order valence-corrected chi connectivity index (χ0v) is 19.4. The average Bonchev–Trinajstić information content (AvgIpc) is 3.30. The fraction of sp³-hybridized carbons (Fsp3) is 0.542. The van der Waals surface area contributed by atoms with Crippen LogP contribution in [-0.2, 0) is 14.3 Å². The lowest BCUT2D eigenvalue weighted by molar-refractivity contribution is -0.149. The van der Waals surface area contributed by atoms with Crippen LogP contribution in [0.2, 0.25) is 5.02 Å². The lowest BCUT2D eigenvalue weighted by atomic mass is 9.92. The largest absolute Gasteiger partial charge is 0.488 e. The maximum Gasteiger partial charge on any atom is 0.312 e. The Balaban J connectivity index is 1.47. The van der Waals surface area contributed by atoms with Gasteiger partial charge in [-0.1, -0.05) is 31.0 Å². The van der Waals surface area contributed by atoms with Gasteiger partial charge in [0.1, 0.15) is 11.9 Å². The van der Waals surface area contributed by atoms with Crippen molar-refractivity contribution < 1.29 is 23.8 Å². The summed E-state index contributed by atoms with van der Waals surface area (Å²) >= 11 is 6.34. The minimum Gasteiger partial charge on any atom is -0.488 e. The number of pyridine rings is 1. The van der Waals surface area contributed by atoms with E-state index in [2.05, 4.69) is 10.3 Å². The molecule has 1 saturated carbocycles. The Morgan fingerprint density at radius 1 is 1.31 bits per heavy atom. The van der Waals surface area contributed by atoms with Gasteiger partial charge in [-0.2, -0.15) is 0 Å². The highest BCUT2D eigenvalue weighted by molar-refractivity contribution is 6.35. The van der Waals surface area contributed by atoms with Gasteiger partial charge >= 0.3 is 5.97 Å². The van der Waals surface area contributed by atoms with Crippen molar-refractivity contribution in [3.05, 3.63) is 29.3 Å². The zero-order valence-electron chi connectivity index (χ0n) is 18.7. The minimum absolute atomic E-state index is 0.0371. The number of ether oxygens (including phenoxy) is 3. The van der Waals surface area contributed by atoms with Gasteiger partial charge in [0.15, 0.2) is 5.78 Å². The quantitative estimate of drug-likeness (QED) is 0.567. The van der Waals surface area contributed by atoms with E-state index in [1.807, 2.05) is 26.0 Å². The van der Waals surface area contributed by atoms with E-state index >= 15 is 0 Å². The first kappa shape index (κ1) is 22.8. The van der Waals surface area contributed by atoms with Crippen molar-refractivity contribution in [3.8, 4) is 11.6 Å². The molecule has 1 saturated heterocycles. The number of carbonyl (C=O) groups excluding carboxylic acids is 2. The van der Waals surface area contributed by atoms with Crippen LogP contribution in [0.1, 0.15) is 39.5 Å². The van der Waals surface area contributed by atoms with E-state index in [4.69, 9.17) is 25.8 Å². The smallest absolute Gasteiger partial charge is 0.312 e. The summed E-state index contributed by atoms with van der Waals surface area (Å²) in [6.45, 7) is 4.94. The molecule has 4 atom stereocenters. The monoisotopic (exact) mass is 460 g/mol. The molecule has 0 spiro atoms. The number of esters is 1. The van der Waals surface area contributed by atoms with Crippen LogP contribution in [-0.4, -0.2) is 49.1 Å². The van der Waals surface area contributed by atoms with Crippen LogP contribution in [0.4, 0.5) is 0 Å². The van der Waals surface area contributed by atoms with E-state index in [1.54, 1.807) is 12.1 Å². The number of fused-ring (bicyclic) bond motifs is 1. The highest BCUT2D eigenvalue weighted by Gasteiger charge is 2.61. The van der Waals surface area contributed by atoms with Crippen LogP contribution in [0, 0.1) is 11.3 Å². The van der Waals surface area contributed by atoms with E-state index < -0.39 is 5.41 Å². The molecule has 1 N–H and O–H groups in total. The molecule has 1 aromatic heterocycles. The van der Waals surface area contributed by atoms with E-state index in [1.165, 1.54) is 7.11 Å². The van der Waals surface area contributed by atoms with Crippen molar-refractivity contribution in [2.45, 2.75) is 51.7 Å². The van der Waals surface area contributed by atoms with Gasteiger partial charge < -0.3 is 19.5 Å². The molecule has 1 aliphatic carbocycles. The molecule has 0 radical (unpaired) electrons. The molecule has 2 aromatic rings. The topological polar surface area (TPSA) is 86.8 Å². The number of benzene rings is 1. The number of Topliss-reactive ketones (excluding diaryl/α,β-unsaturated/α-hetero) is 1. The van der Waals surface area contributed by atoms with Gasteiger partial charge in [0, 0.05) is 30.8 Å². The summed E-state index contributed by atoms with van der Waals surface area (Å²) < 4.78 is 16.9. The summed E-state index contributed by atoms with van der Waals surface area (Å²) in [5, 5.41) is 4.58. The number of methoxy groups -OCH3 is 1. The third-order valence-electron chi connectivity index (χ3n) is 6.60. The van der Waals surface area contributed by atoms with Gasteiger partial charge in [-0.15, -0.1) is 0 Å². The number of aromatic nitrogens is 1. The number of nitrogens with zero attached hydrogens (tertiary/aromatic N) is 1. The van der Waals surface area contributed by atoms with Gasteiger partial charge in [-0.05, 0) is 31.4 Å². The lowest BCUT2D eigenvalue weighted by Crippen LogP contribution is -2.35. The number of ketones is 1. The first-order valence-electron chi connectivity index (χ1n) is 11.1. The fourth-order valence-corrected chi connectivity index (χ4v) is 5.01. The normalized spacial score (nSPS) is 26.7. The van der Waals surface area contributed by atoms with Crippen LogP contribution in [0.5, 0.6) is 11.6 Å². The van der Waals surface area contributed by atoms with Gasteiger partial charge in [0.05, 0.1) is 35.7 Å². The standard InChI is InChI=1S/C24H29ClN2O5/c1-4-14-11-24(14,23(29)30-3)12-19(28)18-9-15(13-26-18)32-20-10-21(31-5-2)27-22-16(20)7-6-8-17(22)25/h6-8,10,14-15,18,26H,4-5,9,11-13H2,1-3H3/t14-,15-,18+,24-/m1/s1. The Morgan fingerprint density at radius 3 is 2.81 bits per heavy atom. The minimum atomic E-state index is -0.647. The fourth-order valence-electron chi connectivity index (χ4n) is 4.79. The van der Waals surface area contributed by atoms with Crippen molar-refractivity contribution in [3.63, 3.8) is 0 Å². The van der Waals surface area contributed by atoms with Crippen LogP contribution in [0.3, 0.4) is 0 Å². The Bertz CT molecular complexity index is 1030. The lowest BCUT2D eigenvalue weighted by Gasteiger charge is -2.18. The molecule has 2 aliphatic rings. The number of nitrogens with one attached hydrogen (secondary N) is 1. The molecule has 0 unspecified atom stereocenters. The highest BCUT2D eigenvalue weighted by Crippen LogP contribution is 2.58. The molecule has 1 aliphatic heterocycles. The average molecular weight is 461 g/mol. The second-order valence-corrected chi connectivity index (χ2v) is 8.97.